The van der Waals surface area contributed by atoms with E-state index in [4.69, 9.17) is 14.2 Å². The minimum atomic E-state index is -0.459. The van der Waals surface area contributed by atoms with E-state index in [0.717, 1.165) is 58.3 Å². The molecule has 3 rings (SSSR count). The van der Waals surface area contributed by atoms with Crippen LogP contribution in [0.15, 0.2) is 4.99 Å². The third kappa shape index (κ3) is 5.23. The summed E-state index contributed by atoms with van der Waals surface area (Å²) in [6, 6.07) is 0.241. The van der Waals surface area contributed by atoms with Crippen molar-refractivity contribution in [3.05, 3.63) is 0 Å². The number of nitrogens with one attached hydrogen (secondary N) is 1. The van der Waals surface area contributed by atoms with E-state index in [2.05, 4.69) is 15.2 Å². The summed E-state index contributed by atoms with van der Waals surface area (Å²) in [4.78, 5) is 20.9. The van der Waals surface area contributed by atoms with Crippen LogP contribution >= 0.6 is 0 Å². The molecule has 3 aliphatic heterocycles. The lowest BCUT2D eigenvalue weighted by molar-refractivity contribution is 0.0137. The molecule has 1 N–H and O–H groups in total. The van der Waals surface area contributed by atoms with Crippen LogP contribution in [0.4, 0.5) is 4.79 Å². The first-order valence-corrected chi connectivity index (χ1v) is 9.64. The van der Waals surface area contributed by atoms with Gasteiger partial charge in [0.05, 0.1) is 25.3 Å². The van der Waals surface area contributed by atoms with Crippen LogP contribution in [0, 0.1) is 0 Å². The van der Waals surface area contributed by atoms with Crippen molar-refractivity contribution in [1.82, 2.24) is 15.1 Å². The first kappa shape index (κ1) is 19.2. The Morgan fingerprint density at radius 3 is 2.96 bits per heavy atom. The predicted molar refractivity (Wildman–Crippen MR) is 98.4 cm³/mol. The van der Waals surface area contributed by atoms with E-state index >= 15 is 0 Å². The van der Waals surface area contributed by atoms with Gasteiger partial charge in [0, 0.05) is 39.4 Å². The van der Waals surface area contributed by atoms with Gasteiger partial charge in [-0.15, -0.1) is 0 Å². The molecular weight excluding hydrogens is 336 g/mol. The molecule has 8 heteroatoms. The predicted octanol–water partition coefficient (Wildman–Crippen LogP) is 1.06. The molecular formula is C18H32N4O4. The molecule has 8 nitrogen and oxygen atoms in total. The van der Waals surface area contributed by atoms with Crippen LogP contribution in [-0.4, -0.2) is 92.1 Å². The van der Waals surface area contributed by atoms with E-state index in [1.54, 1.807) is 4.90 Å². The maximum Gasteiger partial charge on any atom is 0.410 e. The lowest BCUT2D eigenvalue weighted by Crippen LogP contribution is -2.57. The van der Waals surface area contributed by atoms with Crippen molar-refractivity contribution < 1.29 is 19.0 Å². The van der Waals surface area contributed by atoms with Gasteiger partial charge >= 0.3 is 6.09 Å². The second kappa shape index (κ2) is 8.43. The van der Waals surface area contributed by atoms with Crippen molar-refractivity contribution in [2.24, 2.45) is 4.99 Å². The maximum absolute atomic E-state index is 12.2. The highest BCUT2D eigenvalue weighted by Crippen LogP contribution is 2.18. The molecule has 0 saturated carbocycles. The smallest absolute Gasteiger partial charge is 0.410 e. The van der Waals surface area contributed by atoms with Crippen molar-refractivity contribution in [3.8, 4) is 0 Å². The summed E-state index contributed by atoms with van der Waals surface area (Å²) >= 11 is 0. The first-order chi connectivity index (χ1) is 12.4. The van der Waals surface area contributed by atoms with Crippen molar-refractivity contribution in [1.29, 1.82) is 0 Å². The fourth-order valence-electron chi connectivity index (χ4n) is 3.39. The highest BCUT2D eigenvalue weighted by molar-refractivity contribution is 5.82. The molecule has 0 aliphatic carbocycles. The number of hydrogen-bond acceptors (Lipinski definition) is 7. The zero-order chi connectivity index (χ0) is 18.6. The van der Waals surface area contributed by atoms with Gasteiger partial charge in [0.25, 0.3) is 0 Å². The van der Waals surface area contributed by atoms with Crippen molar-refractivity contribution in [2.75, 3.05) is 52.5 Å². The fourth-order valence-corrected chi connectivity index (χ4v) is 3.39. The summed E-state index contributed by atoms with van der Waals surface area (Å²) in [6.07, 6.45) is 1.98. The summed E-state index contributed by atoms with van der Waals surface area (Å²) in [6.45, 7) is 11.6. The van der Waals surface area contributed by atoms with Gasteiger partial charge in [-0.1, -0.05) is 0 Å². The molecule has 1 amide bonds. The monoisotopic (exact) mass is 368 g/mol. The Balaban J connectivity index is 1.35. The van der Waals surface area contributed by atoms with Gasteiger partial charge in [0.2, 0.25) is 0 Å². The first-order valence-electron chi connectivity index (χ1n) is 9.64. The van der Waals surface area contributed by atoms with Gasteiger partial charge in [0.1, 0.15) is 5.60 Å². The second-order valence-electron chi connectivity index (χ2n) is 8.07. The zero-order valence-electron chi connectivity index (χ0n) is 16.2. The molecule has 3 heterocycles. The van der Waals surface area contributed by atoms with E-state index in [0.29, 0.717) is 13.1 Å². The van der Waals surface area contributed by atoms with Crippen molar-refractivity contribution in [2.45, 2.75) is 51.4 Å². The Hall–Kier alpha value is -1.54. The molecule has 0 aromatic heterocycles. The van der Waals surface area contributed by atoms with E-state index in [1.807, 2.05) is 20.8 Å². The second-order valence-corrected chi connectivity index (χ2v) is 8.07. The topological polar surface area (TPSA) is 75.6 Å². The molecule has 0 aromatic rings. The number of piperazine rings is 1. The number of ether oxygens (including phenoxy) is 3. The molecule has 0 bridgehead atoms. The van der Waals surface area contributed by atoms with Gasteiger partial charge < -0.3 is 29.3 Å². The lowest BCUT2D eigenvalue weighted by Gasteiger charge is -2.39. The Labute approximate surface area is 155 Å². The number of rotatable bonds is 5. The quantitative estimate of drug-likeness (QED) is 0.732. The molecule has 3 aliphatic rings. The number of hydrogen-bond donors (Lipinski definition) is 1. The van der Waals surface area contributed by atoms with E-state index in [-0.39, 0.29) is 18.2 Å². The highest BCUT2D eigenvalue weighted by atomic mass is 16.6. The summed E-state index contributed by atoms with van der Waals surface area (Å²) < 4.78 is 16.6. The number of guanidine groups is 1. The van der Waals surface area contributed by atoms with Gasteiger partial charge in [-0.3, -0.25) is 4.99 Å². The molecule has 148 valence electrons. The number of aliphatic imine (C=N–C) groups is 1. The van der Waals surface area contributed by atoms with Crippen LogP contribution in [0.5, 0.6) is 0 Å². The summed E-state index contributed by atoms with van der Waals surface area (Å²) in [7, 11) is 0. The third-order valence-electron chi connectivity index (χ3n) is 4.70. The Morgan fingerprint density at radius 1 is 1.38 bits per heavy atom. The largest absolute Gasteiger partial charge is 0.444 e. The van der Waals surface area contributed by atoms with Crippen LogP contribution in [0.25, 0.3) is 0 Å². The molecule has 26 heavy (non-hydrogen) atoms. The van der Waals surface area contributed by atoms with Crippen LogP contribution in [0.2, 0.25) is 0 Å². The molecule has 0 radical (unpaired) electrons. The average molecular weight is 368 g/mol. The molecule has 0 spiro atoms. The summed E-state index contributed by atoms with van der Waals surface area (Å²) in [5.41, 5.74) is -0.459. The minimum absolute atomic E-state index is 0.230. The number of amides is 1. The SMILES string of the molecule is CC(C)(C)OC(=O)N1CCN2C(NCCCOC3CCOC3)=NCC2C1. The summed E-state index contributed by atoms with van der Waals surface area (Å²) in [5, 5.41) is 3.42. The van der Waals surface area contributed by atoms with E-state index < -0.39 is 5.60 Å². The zero-order valence-corrected chi connectivity index (χ0v) is 16.2. The normalized spacial score (nSPS) is 25.9. The van der Waals surface area contributed by atoms with Crippen LogP contribution in [-0.2, 0) is 14.2 Å². The Kier molecular flexibility index (Phi) is 6.24. The molecule has 2 saturated heterocycles. The molecule has 2 fully saturated rings. The standard InChI is InChI=1S/C18H32N4O4/c1-18(2,3)26-17(23)21-7-8-22-14(12-21)11-20-16(22)19-6-4-9-25-15-5-10-24-13-15/h14-15H,4-13H2,1-3H3,(H,19,20). The minimum Gasteiger partial charge on any atom is -0.444 e. The van der Waals surface area contributed by atoms with Gasteiger partial charge in [-0.05, 0) is 33.6 Å². The Morgan fingerprint density at radius 2 is 2.23 bits per heavy atom. The van der Waals surface area contributed by atoms with Crippen LogP contribution in [0.3, 0.4) is 0 Å². The molecule has 0 aromatic carbocycles. The van der Waals surface area contributed by atoms with Gasteiger partial charge in [-0.2, -0.15) is 0 Å². The van der Waals surface area contributed by atoms with Crippen LogP contribution < -0.4 is 5.32 Å². The van der Waals surface area contributed by atoms with Gasteiger partial charge in [-0.25, -0.2) is 4.79 Å². The van der Waals surface area contributed by atoms with E-state index in [9.17, 15) is 4.79 Å². The van der Waals surface area contributed by atoms with Crippen molar-refractivity contribution in [3.63, 3.8) is 0 Å². The Bertz CT molecular complexity index is 514. The average Bonchev–Trinajstić information content (AvgIpc) is 3.22. The fraction of sp³-hybridized carbons (Fsp3) is 0.889. The lowest BCUT2D eigenvalue weighted by atomic mass is 10.2. The summed E-state index contributed by atoms with van der Waals surface area (Å²) in [5.74, 6) is 0.947. The molecule has 2 atom stereocenters. The highest BCUT2D eigenvalue weighted by Gasteiger charge is 2.36. The third-order valence-corrected chi connectivity index (χ3v) is 4.70. The number of carbonyl (C=O) groups excluding carboxylic acids is 1. The van der Waals surface area contributed by atoms with Crippen molar-refractivity contribution >= 4 is 12.1 Å². The van der Waals surface area contributed by atoms with Crippen LogP contribution in [0.1, 0.15) is 33.6 Å². The van der Waals surface area contributed by atoms with Gasteiger partial charge in [0.15, 0.2) is 5.96 Å². The maximum atomic E-state index is 12.2. The van der Waals surface area contributed by atoms with E-state index in [1.165, 1.54) is 0 Å². The number of carbonyl (C=O) groups is 1. The number of fused-ring (bicyclic) bond motifs is 1. The molecule has 2 unspecified atom stereocenters. The number of nitrogens with zero attached hydrogens (tertiary/aromatic N) is 3.